The van der Waals surface area contributed by atoms with E-state index in [-0.39, 0.29) is 5.97 Å². The molecule has 2 aromatic rings. The highest BCUT2D eigenvalue weighted by Crippen LogP contribution is 2.22. The monoisotopic (exact) mass is 330 g/mol. The number of hydrogen-bond donors (Lipinski definition) is 2. The minimum Gasteiger partial charge on any atom is -0.462 e. The lowest BCUT2D eigenvalue weighted by molar-refractivity contribution is 0.0527. The minimum absolute atomic E-state index is 0.327. The van der Waals surface area contributed by atoms with Crippen molar-refractivity contribution in [3.63, 3.8) is 0 Å². The zero-order valence-electron chi connectivity index (χ0n) is 14.1. The summed E-state index contributed by atoms with van der Waals surface area (Å²) in [6.45, 7) is 5.14. The highest BCUT2D eigenvalue weighted by atomic mass is 16.5. The van der Waals surface area contributed by atoms with Gasteiger partial charge in [-0.05, 0) is 26.0 Å². The standard InChI is InChI=1S/C17H22N4O3/c1-4-24-17(22)13-7-5-6-8-14(13)21-16-11-15(18-9-10-23-3)19-12(2)20-16/h5-8,11H,4,9-10H2,1-3H3,(H2,18,19,20,21). The summed E-state index contributed by atoms with van der Waals surface area (Å²) in [5, 5.41) is 6.32. The number of aromatic nitrogens is 2. The molecule has 0 aliphatic carbocycles. The maximum absolute atomic E-state index is 12.0. The lowest BCUT2D eigenvalue weighted by Crippen LogP contribution is -2.11. The van der Waals surface area contributed by atoms with Crippen molar-refractivity contribution in [1.82, 2.24) is 9.97 Å². The number of nitrogens with one attached hydrogen (secondary N) is 2. The Labute approximate surface area is 141 Å². The van der Waals surface area contributed by atoms with E-state index in [1.807, 2.05) is 19.1 Å². The zero-order valence-corrected chi connectivity index (χ0v) is 14.1. The maximum Gasteiger partial charge on any atom is 0.340 e. The first kappa shape index (κ1) is 17.7. The molecule has 0 atom stereocenters. The molecule has 24 heavy (non-hydrogen) atoms. The van der Waals surface area contributed by atoms with E-state index in [4.69, 9.17) is 9.47 Å². The van der Waals surface area contributed by atoms with Gasteiger partial charge in [-0.15, -0.1) is 0 Å². The number of methoxy groups -OCH3 is 1. The van der Waals surface area contributed by atoms with Crippen molar-refractivity contribution in [2.24, 2.45) is 0 Å². The Bertz CT molecular complexity index is 691. The van der Waals surface area contributed by atoms with E-state index in [2.05, 4.69) is 20.6 Å². The molecular weight excluding hydrogens is 308 g/mol. The summed E-state index contributed by atoms with van der Waals surface area (Å²) < 4.78 is 10.1. The molecule has 0 bridgehead atoms. The van der Waals surface area contributed by atoms with Crippen LogP contribution in [0.15, 0.2) is 30.3 Å². The van der Waals surface area contributed by atoms with Crippen molar-refractivity contribution in [2.75, 3.05) is 37.5 Å². The summed E-state index contributed by atoms with van der Waals surface area (Å²) in [6.07, 6.45) is 0. The Morgan fingerprint density at radius 2 is 1.96 bits per heavy atom. The summed E-state index contributed by atoms with van der Waals surface area (Å²) >= 11 is 0. The van der Waals surface area contributed by atoms with Crippen LogP contribution in [-0.2, 0) is 9.47 Å². The Morgan fingerprint density at radius 3 is 2.71 bits per heavy atom. The molecule has 0 spiro atoms. The maximum atomic E-state index is 12.0. The molecule has 0 amide bonds. The zero-order chi connectivity index (χ0) is 17.4. The molecular formula is C17H22N4O3. The third kappa shape index (κ3) is 4.92. The van der Waals surface area contributed by atoms with Gasteiger partial charge in [0.2, 0.25) is 0 Å². The number of rotatable bonds is 8. The van der Waals surface area contributed by atoms with E-state index < -0.39 is 0 Å². The van der Waals surface area contributed by atoms with Gasteiger partial charge in [-0.2, -0.15) is 0 Å². The molecule has 0 fully saturated rings. The number of anilines is 3. The molecule has 7 nitrogen and oxygen atoms in total. The quantitative estimate of drug-likeness (QED) is 0.568. The fourth-order valence-electron chi connectivity index (χ4n) is 2.12. The minimum atomic E-state index is -0.371. The van der Waals surface area contributed by atoms with Crippen molar-refractivity contribution in [3.05, 3.63) is 41.7 Å². The number of carbonyl (C=O) groups excluding carboxylic acids is 1. The van der Waals surface area contributed by atoms with E-state index in [0.717, 1.165) is 0 Å². The van der Waals surface area contributed by atoms with Crippen molar-refractivity contribution >= 4 is 23.3 Å². The lowest BCUT2D eigenvalue weighted by atomic mass is 10.2. The third-order valence-corrected chi connectivity index (χ3v) is 3.14. The smallest absolute Gasteiger partial charge is 0.340 e. The Hall–Kier alpha value is -2.67. The van der Waals surface area contributed by atoms with Crippen LogP contribution in [0.4, 0.5) is 17.3 Å². The molecule has 2 rings (SSSR count). The fraction of sp³-hybridized carbons (Fsp3) is 0.353. The van der Waals surface area contributed by atoms with Crippen LogP contribution < -0.4 is 10.6 Å². The number of ether oxygens (including phenoxy) is 2. The summed E-state index contributed by atoms with van der Waals surface area (Å²) in [5.74, 6) is 1.54. The highest BCUT2D eigenvalue weighted by molar-refractivity contribution is 5.96. The van der Waals surface area contributed by atoms with Crippen LogP contribution in [0.2, 0.25) is 0 Å². The normalized spacial score (nSPS) is 10.3. The SMILES string of the molecule is CCOC(=O)c1ccccc1Nc1cc(NCCOC)nc(C)n1. The number of carbonyl (C=O) groups is 1. The van der Waals surface area contributed by atoms with Crippen LogP contribution in [0.5, 0.6) is 0 Å². The molecule has 2 N–H and O–H groups in total. The molecule has 1 aromatic heterocycles. The van der Waals surface area contributed by atoms with Crippen molar-refractivity contribution < 1.29 is 14.3 Å². The Balaban J connectivity index is 2.20. The van der Waals surface area contributed by atoms with E-state index in [1.54, 1.807) is 32.2 Å². The summed E-state index contributed by atoms with van der Waals surface area (Å²) in [7, 11) is 1.65. The molecule has 0 aliphatic rings. The van der Waals surface area contributed by atoms with Crippen LogP contribution in [-0.4, -0.2) is 42.8 Å². The van der Waals surface area contributed by atoms with Crippen molar-refractivity contribution in [1.29, 1.82) is 0 Å². The van der Waals surface area contributed by atoms with Gasteiger partial charge in [0.15, 0.2) is 0 Å². The molecule has 0 unspecified atom stereocenters. The third-order valence-electron chi connectivity index (χ3n) is 3.14. The van der Waals surface area contributed by atoms with Gasteiger partial charge in [0.25, 0.3) is 0 Å². The van der Waals surface area contributed by atoms with Gasteiger partial charge in [0.05, 0.1) is 24.5 Å². The van der Waals surface area contributed by atoms with Gasteiger partial charge in [-0.25, -0.2) is 14.8 Å². The number of esters is 1. The molecule has 0 radical (unpaired) electrons. The molecule has 0 aliphatic heterocycles. The number of para-hydroxylation sites is 1. The molecule has 0 saturated carbocycles. The Morgan fingerprint density at radius 1 is 1.21 bits per heavy atom. The van der Waals surface area contributed by atoms with E-state index in [0.29, 0.717) is 48.5 Å². The number of benzene rings is 1. The predicted molar refractivity (Wildman–Crippen MR) is 92.8 cm³/mol. The second-order valence-electron chi connectivity index (χ2n) is 5.00. The van der Waals surface area contributed by atoms with Crippen molar-refractivity contribution in [2.45, 2.75) is 13.8 Å². The van der Waals surface area contributed by atoms with Crippen LogP contribution in [0.25, 0.3) is 0 Å². The molecule has 128 valence electrons. The first-order valence-corrected chi connectivity index (χ1v) is 7.75. The predicted octanol–water partition coefficient (Wildman–Crippen LogP) is 2.76. The fourth-order valence-corrected chi connectivity index (χ4v) is 2.12. The Kier molecular flexibility index (Phi) is 6.51. The summed E-state index contributed by atoms with van der Waals surface area (Å²) in [5.41, 5.74) is 1.10. The van der Waals surface area contributed by atoms with Crippen molar-refractivity contribution in [3.8, 4) is 0 Å². The molecule has 1 heterocycles. The van der Waals surface area contributed by atoms with Crippen LogP contribution in [0.1, 0.15) is 23.1 Å². The van der Waals surface area contributed by atoms with Gasteiger partial charge in [-0.3, -0.25) is 0 Å². The molecule has 7 heteroatoms. The molecule has 1 aromatic carbocycles. The lowest BCUT2D eigenvalue weighted by Gasteiger charge is -2.12. The number of aryl methyl sites for hydroxylation is 1. The highest BCUT2D eigenvalue weighted by Gasteiger charge is 2.12. The first-order valence-electron chi connectivity index (χ1n) is 7.75. The second kappa shape index (κ2) is 8.83. The number of hydrogen-bond acceptors (Lipinski definition) is 7. The van der Waals surface area contributed by atoms with Gasteiger partial charge in [-0.1, -0.05) is 12.1 Å². The van der Waals surface area contributed by atoms with Gasteiger partial charge >= 0.3 is 5.97 Å². The number of nitrogens with zero attached hydrogens (tertiary/aromatic N) is 2. The molecule has 0 saturated heterocycles. The summed E-state index contributed by atoms with van der Waals surface area (Å²) in [4.78, 5) is 20.7. The topological polar surface area (TPSA) is 85.4 Å². The van der Waals surface area contributed by atoms with Gasteiger partial charge in [0, 0.05) is 19.7 Å². The second-order valence-corrected chi connectivity index (χ2v) is 5.00. The van der Waals surface area contributed by atoms with Crippen LogP contribution in [0, 0.1) is 6.92 Å². The van der Waals surface area contributed by atoms with Crippen LogP contribution in [0.3, 0.4) is 0 Å². The van der Waals surface area contributed by atoms with E-state index in [1.165, 1.54) is 0 Å². The largest absolute Gasteiger partial charge is 0.462 e. The van der Waals surface area contributed by atoms with E-state index in [9.17, 15) is 4.79 Å². The van der Waals surface area contributed by atoms with Crippen LogP contribution >= 0.6 is 0 Å². The first-order chi connectivity index (χ1) is 11.6. The van der Waals surface area contributed by atoms with E-state index >= 15 is 0 Å². The average molecular weight is 330 g/mol. The van der Waals surface area contributed by atoms with Gasteiger partial charge in [0.1, 0.15) is 17.5 Å². The van der Waals surface area contributed by atoms with Gasteiger partial charge < -0.3 is 20.1 Å². The average Bonchev–Trinajstić information content (AvgIpc) is 2.55. The summed E-state index contributed by atoms with van der Waals surface area (Å²) in [6, 6.07) is 8.94.